The van der Waals surface area contributed by atoms with Gasteiger partial charge in [-0.3, -0.25) is 13.7 Å². The Hall–Kier alpha value is -8.30. The standard InChI is InChI=1S/C50H31N7O2/c1-3-12-42-36(10-1)38-20-16-32(28-44(38)55(42)48-14-5-7-24-51-48)58-34-18-22-40-41-23-19-35(31-47(41)57(46(40)30-34)50-53-26-9-27-54-50)59-33-17-21-39-37-11-2-4-13-43(37)56(45(39)29-33)49-15-6-8-25-52-49/h1-31H/i5D,6D. The van der Waals surface area contributed by atoms with E-state index in [1.54, 1.807) is 55.1 Å². The maximum absolute atomic E-state index is 8.27. The number of benzene rings is 6. The van der Waals surface area contributed by atoms with Gasteiger partial charge in [0.25, 0.3) is 0 Å². The molecule has 0 amide bonds. The van der Waals surface area contributed by atoms with Crippen molar-refractivity contribution >= 4 is 65.4 Å². The molecule has 12 aromatic rings. The van der Waals surface area contributed by atoms with E-state index in [1.807, 2.05) is 77.4 Å². The van der Waals surface area contributed by atoms with E-state index in [0.717, 1.165) is 65.4 Å². The number of nitrogens with zero attached hydrogens (tertiary/aromatic N) is 7. The zero-order valence-corrected chi connectivity index (χ0v) is 31.2. The van der Waals surface area contributed by atoms with Crippen molar-refractivity contribution in [3.8, 4) is 40.6 Å². The van der Waals surface area contributed by atoms with Crippen LogP contribution in [0.4, 0.5) is 0 Å². The van der Waals surface area contributed by atoms with E-state index in [1.165, 1.54) is 0 Å². The van der Waals surface area contributed by atoms with Crippen molar-refractivity contribution in [1.29, 1.82) is 0 Å². The first-order chi connectivity index (χ1) is 30.0. The van der Waals surface area contributed by atoms with Crippen LogP contribution in [0.15, 0.2) is 189 Å². The summed E-state index contributed by atoms with van der Waals surface area (Å²) in [4.78, 5) is 18.6. The number of aromatic nitrogens is 7. The summed E-state index contributed by atoms with van der Waals surface area (Å²) in [5.41, 5.74) is 5.60. The van der Waals surface area contributed by atoms with E-state index < -0.39 is 0 Å². The predicted molar refractivity (Wildman–Crippen MR) is 234 cm³/mol. The number of pyridine rings is 2. The second-order valence-electron chi connectivity index (χ2n) is 14.2. The van der Waals surface area contributed by atoms with Crippen molar-refractivity contribution in [2.75, 3.05) is 0 Å². The molecular weight excluding hydrogens is 731 g/mol. The highest BCUT2D eigenvalue weighted by atomic mass is 16.5. The molecule has 0 radical (unpaired) electrons. The number of ether oxygens (including phenoxy) is 2. The van der Waals surface area contributed by atoms with Crippen LogP contribution < -0.4 is 9.47 Å². The third-order valence-corrected chi connectivity index (χ3v) is 10.9. The predicted octanol–water partition coefficient (Wildman–Crippen LogP) is 12.1. The Bertz CT molecular complexity index is 3490. The zero-order valence-electron chi connectivity index (χ0n) is 33.2. The highest BCUT2D eigenvalue weighted by Gasteiger charge is 2.19. The smallest absolute Gasteiger partial charge is 0.234 e. The summed E-state index contributed by atoms with van der Waals surface area (Å²) in [6.45, 7) is 0. The minimum Gasteiger partial charge on any atom is -0.457 e. The van der Waals surface area contributed by atoms with Crippen molar-refractivity contribution in [2.45, 2.75) is 0 Å². The van der Waals surface area contributed by atoms with Gasteiger partial charge >= 0.3 is 0 Å². The summed E-state index contributed by atoms with van der Waals surface area (Å²) < 4.78 is 36.0. The van der Waals surface area contributed by atoms with E-state index in [2.05, 4.69) is 77.6 Å². The Morgan fingerprint density at radius 3 is 1.14 bits per heavy atom. The van der Waals surface area contributed by atoms with Crippen molar-refractivity contribution in [1.82, 2.24) is 33.6 Å². The molecule has 9 nitrogen and oxygen atoms in total. The normalized spacial score (nSPS) is 12.2. The third-order valence-electron chi connectivity index (χ3n) is 10.9. The maximum atomic E-state index is 8.27. The second-order valence-corrected chi connectivity index (χ2v) is 14.2. The number of rotatable bonds is 7. The molecule has 0 fully saturated rings. The van der Waals surface area contributed by atoms with Crippen LogP contribution in [-0.4, -0.2) is 33.6 Å². The van der Waals surface area contributed by atoms with Gasteiger partial charge in [-0.1, -0.05) is 48.5 Å². The molecule has 9 heteroatoms. The molecular formula is C50H31N7O2. The summed E-state index contributed by atoms with van der Waals surface area (Å²) in [6, 6.07) is 50.2. The zero-order chi connectivity index (χ0) is 40.6. The molecule has 0 bridgehead atoms. The molecule has 0 saturated carbocycles. The first-order valence-corrected chi connectivity index (χ1v) is 19.2. The summed E-state index contributed by atoms with van der Waals surface area (Å²) in [6.07, 6.45) is 6.80. The van der Waals surface area contributed by atoms with E-state index in [-0.39, 0.29) is 0 Å². The Labute approximate surface area is 339 Å². The van der Waals surface area contributed by atoms with Gasteiger partial charge in [-0.15, -0.1) is 0 Å². The molecule has 0 N–H and O–H groups in total. The third kappa shape index (κ3) is 5.33. The molecule has 0 atom stereocenters. The van der Waals surface area contributed by atoms with Gasteiger partial charge in [0, 0.05) is 81.4 Å². The minimum absolute atomic E-state index is 0.389. The van der Waals surface area contributed by atoms with Crippen LogP contribution in [0.5, 0.6) is 23.0 Å². The Kier molecular flexibility index (Phi) is 6.88. The highest BCUT2D eigenvalue weighted by Crippen LogP contribution is 2.40. The number of hydrogen-bond donors (Lipinski definition) is 0. The first kappa shape index (κ1) is 30.9. The van der Waals surface area contributed by atoms with E-state index in [4.69, 9.17) is 12.2 Å². The molecule has 0 aliphatic rings. The number of fused-ring (bicyclic) bond motifs is 9. The van der Waals surface area contributed by atoms with Crippen LogP contribution in [0, 0.1) is 0 Å². The number of hydrogen-bond acceptors (Lipinski definition) is 6. The summed E-state index contributed by atoms with van der Waals surface area (Å²) >= 11 is 0. The van der Waals surface area contributed by atoms with Gasteiger partial charge in [-0.05, 0) is 91.0 Å². The van der Waals surface area contributed by atoms with Crippen LogP contribution in [0.1, 0.15) is 2.74 Å². The van der Waals surface area contributed by atoms with Crippen LogP contribution in [0.25, 0.3) is 83.0 Å². The molecule has 0 unspecified atom stereocenters. The van der Waals surface area contributed by atoms with Crippen molar-refractivity contribution in [3.05, 3.63) is 189 Å². The molecule has 6 aromatic carbocycles. The lowest BCUT2D eigenvalue weighted by molar-refractivity contribution is 0.484. The molecule has 0 saturated heterocycles. The van der Waals surface area contributed by atoms with E-state index in [9.17, 15) is 0 Å². The van der Waals surface area contributed by atoms with Gasteiger partial charge in [0.1, 0.15) is 34.6 Å². The Balaban J connectivity index is 0.953. The lowest BCUT2D eigenvalue weighted by atomic mass is 10.1. The fourth-order valence-corrected chi connectivity index (χ4v) is 8.40. The molecule has 6 heterocycles. The summed E-state index contributed by atoms with van der Waals surface area (Å²) in [7, 11) is 0. The van der Waals surface area contributed by atoms with Gasteiger partial charge < -0.3 is 9.47 Å². The van der Waals surface area contributed by atoms with Crippen molar-refractivity contribution in [3.63, 3.8) is 0 Å². The number of para-hydroxylation sites is 2. The fourth-order valence-electron chi connectivity index (χ4n) is 8.40. The van der Waals surface area contributed by atoms with Crippen LogP contribution in [0.3, 0.4) is 0 Å². The largest absolute Gasteiger partial charge is 0.457 e. The minimum atomic E-state index is 0.389. The van der Waals surface area contributed by atoms with Crippen LogP contribution >= 0.6 is 0 Å². The summed E-state index contributed by atoms with van der Waals surface area (Å²) in [5, 5.41) is 6.33. The Morgan fingerprint density at radius 1 is 0.339 bits per heavy atom. The van der Waals surface area contributed by atoms with Crippen molar-refractivity contribution < 1.29 is 12.2 Å². The molecule has 6 aromatic heterocycles. The SMILES string of the molecule is [2H]c1ccnc(-n2c3ccccc3c3ccc(Oc4ccc5c6ccc(Oc7ccc8c9ccccc9n(-c9cc([2H])ccn9)c8c7)cc6n(-c6ncccn6)c5c4)cc32)c1. The second kappa shape index (κ2) is 13.1. The molecule has 278 valence electrons. The Morgan fingerprint density at radius 2 is 0.712 bits per heavy atom. The maximum Gasteiger partial charge on any atom is 0.234 e. The van der Waals surface area contributed by atoms with E-state index in [0.29, 0.717) is 52.7 Å². The fraction of sp³-hybridized carbons (Fsp3) is 0. The van der Waals surface area contributed by atoms with Gasteiger partial charge in [0.2, 0.25) is 5.95 Å². The average Bonchev–Trinajstić information content (AvgIpc) is 3.91. The molecule has 59 heavy (non-hydrogen) atoms. The molecule has 0 aliphatic carbocycles. The summed E-state index contributed by atoms with van der Waals surface area (Å²) in [5.74, 6) is 4.46. The molecule has 0 spiro atoms. The van der Waals surface area contributed by atoms with Gasteiger partial charge in [-0.2, -0.15) is 0 Å². The average molecular weight is 764 g/mol. The topological polar surface area (TPSA) is 84.8 Å². The molecule has 12 rings (SSSR count). The molecule has 0 aliphatic heterocycles. The van der Waals surface area contributed by atoms with Crippen LogP contribution in [0.2, 0.25) is 0 Å². The van der Waals surface area contributed by atoms with Gasteiger partial charge in [0.15, 0.2) is 0 Å². The lowest BCUT2D eigenvalue weighted by Gasteiger charge is -2.10. The monoisotopic (exact) mass is 763 g/mol. The lowest BCUT2D eigenvalue weighted by Crippen LogP contribution is -2.00. The van der Waals surface area contributed by atoms with Crippen molar-refractivity contribution in [2.24, 2.45) is 0 Å². The van der Waals surface area contributed by atoms with Crippen LogP contribution in [-0.2, 0) is 0 Å². The first-order valence-electron chi connectivity index (χ1n) is 20.2. The highest BCUT2D eigenvalue weighted by molar-refractivity contribution is 6.11. The van der Waals surface area contributed by atoms with E-state index >= 15 is 0 Å². The quantitative estimate of drug-likeness (QED) is 0.161. The van der Waals surface area contributed by atoms with Gasteiger partial charge in [0.05, 0.1) is 35.8 Å². The van der Waals surface area contributed by atoms with Gasteiger partial charge in [-0.25, -0.2) is 19.9 Å².